The average molecular weight is 475 g/mol. The summed E-state index contributed by atoms with van der Waals surface area (Å²) in [7, 11) is 0. The SMILES string of the molecule is CC(=O)NC(Cc1ccccc1)c1nc2c3c(ccc2n1C1CCCC(C(=O)O)C1)N[C@@H](C)CC3. The fraction of sp³-hybridized carbons (Fsp3) is 0.464. The summed E-state index contributed by atoms with van der Waals surface area (Å²) in [5.74, 6) is -0.359. The van der Waals surface area contributed by atoms with Crippen molar-refractivity contribution in [2.24, 2.45) is 5.92 Å². The van der Waals surface area contributed by atoms with Crippen LogP contribution in [-0.4, -0.2) is 32.6 Å². The monoisotopic (exact) mass is 474 g/mol. The third-order valence-electron chi connectivity index (χ3n) is 7.56. The molecule has 2 aliphatic rings. The number of rotatable bonds is 6. The Labute approximate surface area is 205 Å². The summed E-state index contributed by atoms with van der Waals surface area (Å²) in [5.41, 5.74) is 5.47. The van der Waals surface area contributed by atoms with E-state index in [9.17, 15) is 14.7 Å². The zero-order valence-corrected chi connectivity index (χ0v) is 20.5. The number of carbonyl (C=O) groups is 2. The molecule has 1 aliphatic carbocycles. The van der Waals surface area contributed by atoms with Crippen molar-refractivity contribution in [2.45, 2.75) is 76.9 Å². The number of aliphatic carboxylic acids is 1. The number of nitrogens with zero attached hydrogens (tertiary/aromatic N) is 2. The molecule has 3 unspecified atom stereocenters. The molecule has 3 N–H and O–H groups in total. The van der Waals surface area contributed by atoms with Crippen molar-refractivity contribution >= 4 is 28.6 Å². The van der Waals surface area contributed by atoms with Crippen LogP contribution in [0.2, 0.25) is 0 Å². The molecule has 3 aromatic rings. The lowest BCUT2D eigenvalue weighted by Gasteiger charge is -2.31. The maximum Gasteiger partial charge on any atom is 0.306 e. The number of aryl methyl sites for hydroxylation is 1. The molecule has 1 aliphatic heterocycles. The molecule has 0 radical (unpaired) electrons. The van der Waals surface area contributed by atoms with Crippen molar-refractivity contribution < 1.29 is 14.7 Å². The molecule has 1 fully saturated rings. The first-order chi connectivity index (χ1) is 16.9. The van der Waals surface area contributed by atoms with Gasteiger partial charge in [0.05, 0.1) is 23.0 Å². The Balaban J connectivity index is 1.66. The lowest BCUT2D eigenvalue weighted by atomic mass is 9.85. The predicted octanol–water partition coefficient (Wildman–Crippen LogP) is 5.02. The summed E-state index contributed by atoms with van der Waals surface area (Å²) in [6.07, 6.45) is 5.68. The average Bonchev–Trinajstić information content (AvgIpc) is 3.24. The van der Waals surface area contributed by atoms with Crippen LogP contribution in [0, 0.1) is 5.92 Å². The number of hydrogen-bond acceptors (Lipinski definition) is 4. The quantitative estimate of drug-likeness (QED) is 0.466. The Morgan fingerprint density at radius 3 is 2.71 bits per heavy atom. The van der Waals surface area contributed by atoms with Crippen molar-refractivity contribution in [3.63, 3.8) is 0 Å². The molecule has 4 atom stereocenters. The standard InChI is InChI=1S/C28H34N4O3/c1-17-11-12-22-23(29-17)13-14-25-26(22)31-27(32(25)21-10-6-9-20(16-21)28(34)35)24(30-18(2)33)15-19-7-4-3-5-8-19/h3-5,7-8,13-14,17,20-21,24,29H,6,9-12,15-16H2,1-2H3,(H,30,33)(H,34,35)/t17-,20?,21?,24?/m0/s1. The number of imidazole rings is 1. The second-order valence-corrected chi connectivity index (χ2v) is 10.2. The van der Waals surface area contributed by atoms with E-state index in [2.05, 4.69) is 46.4 Å². The number of carboxylic acid groups (broad SMARTS) is 1. The molecule has 0 spiro atoms. The maximum absolute atomic E-state index is 12.3. The summed E-state index contributed by atoms with van der Waals surface area (Å²) < 4.78 is 2.26. The Morgan fingerprint density at radius 1 is 1.17 bits per heavy atom. The Kier molecular flexibility index (Phi) is 6.50. The van der Waals surface area contributed by atoms with Crippen LogP contribution < -0.4 is 10.6 Å². The largest absolute Gasteiger partial charge is 0.481 e. The zero-order chi connectivity index (χ0) is 24.5. The van der Waals surface area contributed by atoms with Gasteiger partial charge in [-0.05, 0) is 63.1 Å². The Hall–Kier alpha value is -3.35. The van der Waals surface area contributed by atoms with E-state index >= 15 is 0 Å². The summed E-state index contributed by atoms with van der Waals surface area (Å²) >= 11 is 0. The van der Waals surface area contributed by atoms with E-state index in [1.54, 1.807) is 6.92 Å². The highest BCUT2D eigenvalue weighted by Gasteiger charge is 2.33. The van der Waals surface area contributed by atoms with Crippen molar-refractivity contribution in [3.8, 4) is 0 Å². The minimum absolute atomic E-state index is 0.0328. The molecule has 1 amide bonds. The van der Waals surface area contributed by atoms with Crippen LogP contribution in [0.1, 0.15) is 75.0 Å². The molecule has 1 aromatic heterocycles. The normalized spacial score (nSPS) is 22.7. The third-order valence-corrected chi connectivity index (χ3v) is 7.56. The first-order valence-corrected chi connectivity index (χ1v) is 12.7. The third kappa shape index (κ3) is 4.77. The van der Waals surface area contributed by atoms with Crippen LogP contribution in [0.3, 0.4) is 0 Å². The van der Waals surface area contributed by atoms with Gasteiger partial charge in [-0.25, -0.2) is 4.98 Å². The highest BCUT2D eigenvalue weighted by Crippen LogP contribution is 2.40. The summed E-state index contributed by atoms with van der Waals surface area (Å²) in [4.78, 5) is 29.4. The minimum atomic E-state index is -0.723. The number of aromatic nitrogens is 2. The second kappa shape index (κ2) is 9.72. The van der Waals surface area contributed by atoms with E-state index < -0.39 is 5.97 Å². The van der Waals surface area contributed by atoms with Gasteiger partial charge >= 0.3 is 5.97 Å². The number of fused-ring (bicyclic) bond motifs is 3. The van der Waals surface area contributed by atoms with E-state index in [0.29, 0.717) is 25.3 Å². The molecule has 0 bridgehead atoms. The molecule has 184 valence electrons. The first kappa shape index (κ1) is 23.4. The van der Waals surface area contributed by atoms with Crippen LogP contribution in [0.25, 0.3) is 11.0 Å². The van der Waals surface area contributed by atoms with E-state index in [0.717, 1.165) is 53.8 Å². The van der Waals surface area contributed by atoms with Gasteiger partial charge in [0.25, 0.3) is 0 Å². The Bertz CT molecular complexity index is 1240. The van der Waals surface area contributed by atoms with Gasteiger partial charge in [0.1, 0.15) is 5.82 Å². The minimum Gasteiger partial charge on any atom is -0.481 e. The van der Waals surface area contributed by atoms with Gasteiger partial charge in [0.15, 0.2) is 0 Å². The Morgan fingerprint density at radius 2 is 1.97 bits per heavy atom. The fourth-order valence-corrected chi connectivity index (χ4v) is 5.88. The fourth-order valence-electron chi connectivity index (χ4n) is 5.88. The highest BCUT2D eigenvalue weighted by atomic mass is 16.4. The molecule has 0 saturated heterocycles. The van der Waals surface area contributed by atoms with Crippen LogP contribution in [-0.2, 0) is 22.4 Å². The smallest absolute Gasteiger partial charge is 0.306 e. The molecule has 7 nitrogen and oxygen atoms in total. The summed E-state index contributed by atoms with van der Waals surface area (Å²) in [6.45, 7) is 3.73. The van der Waals surface area contributed by atoms with Crippen LogP contribution in [0.4, 0.5) is 5.69 Å². The molecule has 1 saturated carbocycles. The van der Waals surface area contributed by atoms with Crippen molar-refractivity contribution in [3.05, 3.63) is 59.4 Å². The number of nitrogens with one attached hydrogen (secondary N) is 2. The number of hydrogen-bond donors (Lipinski definition) is 3. The number of amides is 1. The lowest BCUT2D eigenvalue weighted by molar-refractivity contribution is -0.143. The van der Waals surface area contributed by atoms with Gasteiger partial charge in [-0.3, -0.25) is 9.59 Å². The van der Waals surface area contributed by atoms with Crippen molar-refractivity contribution in [1.29, 1.82) is 0 Å². The van der Waals surface area contributed by atoms with Gasteiger partial charge in [0.2, 0.25) is 5.91 Å². The maximum atomic E-state index is 12.3. The summed E-state index contributed by atoms with van der Waals surface area (Å²) in [6, 6.07) is 14.5. The van der Waals surface area contributed by atoms with E-state index in [1.165, 1.54) is 5.56 Å². The number of benzene rings is 2. The first-order valence-electron chi connectivity index (χ1n) is 12.7. The molecule has 2 heterocycles. The second-order valence-electron chi connectivity index (χ2n) is 10.2. The summed E-state index contributed by atoms with van der Waals surface area (Å²) in [5, 5.41) is 16.5. The predicted molar refractivity (Wildman–Crippen MR) is 136 cm³/mol. The molecular formula is C28H34N4O3. The topological polar surface area (TPSA) is 96.2 Å². The van der Waals surface area contributed by atoms with Crippen LogP contribution >= 0.6 is 0 Å². The van der Waals surface area contributed by atoms with Gasteiger partial charge in [0, 0.05) is 30.3 Å². The van der Waals surface area contributed by atoms with Gasteiger partial charge in [-0.2, -0.15) is 0 Å². The molecule has 7 heteroatoms. The van der Waals surface area contributed by atoms with Crippen molar-refractivity contribution in [2.75, 3.05) is 5.32 Å². The van der Waals surface area contributed by atoms with Gasteiger partial charge in [-0.1, -0.05) is 36.8 Å². The van der Waals surface area contributed by atoms with Crippen molar-refractivity contribution in [1.82, 2.24) is 14.9 Å². The number of carboxylic acids is 1. The highest BCUT2D eigenvalue weighted by molar-refractivity contribution is 5.86. The lowest BCUT2D eigenvalue weighted by Crippen LogP contribution is -2.32. The van der Waals surface area contributed by atoms with Crippen LogP contribution in [0.15, 0.2) is 42.5 Å². The number of anilines is 1. The van der Waals surface area contributed by atoms with E-state index in [-0.39, 0.29) is 23.9 Å². The molecule has 35 heavy (non-hydrogen) atoms. The van der Waals surface area contributed by atoms with Gasteiger partial charge < -0.3 is 20.3 Å². The van der Waals surface area contributed by atoms with Gasteiger partial charge in [-0.15, -0.1) is 0 Å². The van der Waals surface area contributed by atoms with E-state index in [4.69, 9.17) is 4.98 Å². The number of carbonyl (C=O) groups excluding carboxylic acids is 1. The van der Waals surface area contributed by atoms with E-state index in [1.807, 2.05) is 18.2 Å². The molecular weight excluding hydrogens is 440 g/mol. The molecule has 2 aromatic carbocycles. The van der Waals surface area contributed by atoms with Crippen LogP contribution in [0.5, 0.6) is 0 Å². The molecule has 5 rings (SSSR count). The zero-order valence-electron chi connectivity index (χ0n) is 20.5.